The molecule has 2 aromatic heterocycles. The average molecular weight is 327 g/mol. The van der Waals surface area contributed by atoms with Gasteiger partial charge in [0.1, 0.15) is 11.8 Å². The lowest BCUT2D eigenvalue weighted by atomic mass is 10.3. The highest BCUT2D eigenvalue weighted by molar-refractivity contribution is 9.10. The van der Waals surface area contributed by atoms with Crippen molar-refractivity contribution in [2.75, 3.05) is 0 Å². The first-order chi connectivity index (χ1) is 8.97. The van der Waals surface area contributed by atoms with Crippen molar-refractivity contribution in [3.63, 3.8) is 0 Å². The van der Waals surface area contributed by atoms with Gasteiger partial charge in [0.25, 0.3) is 0 Å². The van der Waals surface area contributed by atoms with E-state index in [4.69, 9.17) is 4.74 Å². The first-order valence-electron chi connectivity index (χ1n) is 5.43. The smallest absolute Gasteiger partial charge is 0.406 e. The number of rotatable bonds is 4. The Morgan fingerprint density at radius 1 is 1.58 bits per heavy atom. The van der Waals surface area contributed by atoms with E-state index in [1.807, 2.05) is 0 Å². The summed E-state index contributed by atoms with van der Waals surface area (Å²) in [7, 11) is 1.79. The molecule has 8 heteroatoms. The summed E-state index contributed by atoms with van der Waals surface area (Å²) in [6, 6.07) is 3.31. The molecule has 0 amide bonds. The van der Waals surface area contributed by atoms with E-state index < -0.39 is 11.0 Å². The van der Waals surface area contributed by atoms with E-state index in [2.05, 4.69) is 26.0 Å². The van der Waals surface area contributed by atoms with Gasteiger partial charge in [-0.05, 0) is 38.8 Å². The molecule has 0 N–H and O–H groups in total. The van der Waals surface area contributed by atoms with E-state index in [-0.39, 0.29) is 11.6 Å². The highest BCUT2D eigenvalue weighted by Gasteiger charge is 2.21. The molecule has 0 aliphatic carbocycles. The Bertz CT molecular complexity index is 614. The molecule has 0 bridgehead atoms. The summed E-state index contributed by atoms with van der Waals surface area (Å²) in [5, 5.41) is 15.1. The summed E-state index contributed by atoms with van der Waals surface area (Å²) in [6.45, 7) is 1.77. The highest BCUT2D eigenvalue weighted by Crippen LogP contribution is 2.30. The number of hydrogen-bond acceptors (Lipinski definition) is 5. The highest BCUT2D eigenvalue weighted by atomic mass is 79.9. The second kappa shape index (κ2) is 5.35. The van der Waals surface area contributed by atoms with Gasteiger partial charge in [0.05, 0.1) is 4.47 Å². The number of ether oxygens (including phenoxy) is 1. The topological polar surface area (TPSA) is 83.1 Å². The minimum Gasteiger partial charge on any atom is -0.476 e. The Balaban J connectivity index is 2.27. The third-order valence-electron chi connectivity index (χ3n) is 2.43. The molecule has 2 aromatic rings. The van der Waals surface area contributed by atoms with Crippen LogP contribution in [0.4, 0.5) is 5.82 Å². The van der Waals surface area contributed by atoms with Crippen molar-refractivity contribution < 1.29 is 9.66 Å². The van der Waals surface area contributed by atoms with Gasteiger partial charge in [0.2, 0.25) is 5.75 Å². The molecule has 2 rings (SSSR count). The Morgan fingerprint density at radius 2 is 2.32 bits per heavy atom. The van der Waals surface area contributed by atoms with Crippen molar-refractivity contribution >= 4 is 21.7 Å². The maximum absolute atomic E-state index is 10.9. The average Bonchev–Trinajstić information content (AvgIpc) is 2.75. The fraction of sp³-hybridized carbons (Fsp3) is 0.273. The molecule has 0 aromatic carbocycles. The van der Waals surface area contributed by atoms with E-state index in [1.165, 1.54) is 12.3 Å². The van der Waals surface area contributed by atoms with Gasteiger partial charge in [-0.25, -0.2) is 0 Å². The van der Waals surface area contributed by atoms with Gasteiger partial charge in [0.15, 0.2) is 6.20 Å². The van der Waals surface area contributed by atoms with E-state index >= 15 is 0 Å². The van der Waals surface area contributed by atoms with Crippen molar-refractivity contribution in [3.05, 3.63) is 44.8 Å². The molecule has 0 unspecified atom stereocenters. The van der Waals surface area contributed by atoms with Crippen LogP contribution in [0.15, 0.2) is 29.0 Å². The van der Waals surface area contributed by atoms with Crippen molar-refractivity contribution in [1.82, 2.24) is 14.8 Å². The summed E-state index contributed by atoms with van der Waals surface area (Å²) in [6.07, 6.45) is 2.73. The molecule has 0 fully saturated rings. The summed E-state index contributed by atoms with van der Waals surface area (Å²) in [4.78, 5) is 14.0. The van der Waals surface area contributed by atoms with Crippen molar-refractivity contribution in [1.29, 1.82) is 0 Å². The van der Waals surface area contributed by atoms with Crippen molar-refractivity contribution in [3.8, 4) is 5.75 Å². The van der Waals surface area contributed by atoms with Crippen molar-refractivity contribution in [2.45, 2.75) is 13.0 Å². The van der Waals surface area contributed by atoms with Gasteiger partial charge < -0.3 is 14.9 Å². The molecule has 0 aliphatic rings. The van der Waals surface area contributed by atoms with E-state index in [0.29, 0.717) is 10.2 Å². The van der Waals surface area contributed by atoms with Crippen LogP contribution in [0, 0.1) is 10.1 Å². The lowest BCUT2D eigenvalue weighted by Crippen LogP contribution is -2.07. The number of halogens is 1. The molecule has 1 atom stereocenters. The maximum atomic E-state index is 10.9. The fourth-order valence-electron chi connectivity index (χ4n) is 1.54. The van der Waals surface area contributed by atoms with Gasteiger partial charge in [-0.1, -0.05) is 0 Å². The lowest BCUT2D eigenvalue weighted by molar-refractivity contribution is -0.390. The second-order valence-electron chi connectivity index (χ2n) is 3.91. The van der Waals surface area contributed by atoms with Crippen LogP contribution in [-0.2, 0) is 7.05 Å². The quantitative estimate of drug-likeness (QED) is 0.637. The predicted octanol–water partition coefficient (Wildman–Crippen LogP) is 2.63. The number of pyridine rings is 1. The van der Waals surface area contributed by atoms with Gasteiger partial charge in [-0.3, -0.25) is 4.68 Å². The summed E-state index contributed by atoms with van der Waals surface area (Å²) >= 11 is 3.21. The summed E-state index contributed by atoms with van der Waals surface area (Å²) < 4.78 is 7.83. The van der Waals surface area contributed by atoms with Gasteiger partial charge in [-0.2, -0.15) is 5.10 Å². The number of aromatic nitrogens is 3. The standard InChI is InChI=1S/C11H11BrN4O3/c1-7(9-3-4-15(2)14-9)19-10-5-8(12)6-13-11(10)16(17)18/h3-7H,1-2H3/t7-/m0/s1. The Hall–Kier alpha value is -1.96. The van der Waals surface area contributed by atoms with Crippen LogP contribution >= 0.6 is 15.9 Å². The van der Waals surface area contributed by atoms with Gasteiger partial charge in [0, 0.05) is 19.3 Å². The Labute approximate surface area is 117 Å². The predicted molar refractivity (Wildman–Crippen MR) is 70.8 cm³/mol. The largest absolute Gasteiger partial charge is 0.476 e. The Morgan fingerprint density at radius 3 is 2.89 bits per heavy atom. The van der Waals surface area contributed by atoms with Crippen LogP contribution in [0.3, 0.4) is 0 Å². The van der Waals surface area contributed by atoms with Crippen LogP contribution in [0.2, 0.25) is 0 Å². The molecular weight excluding hydrogens is 316 g/mol. The Kier molecular flexibility index (Phi) is 3.79. The minimum absolute atomic E-state index is 0.109. The molecular formula is C11H11BrN4O3. The first-order valence-corrected chi connectivity index (χ1v) is 6.23. The van der Waals surface area contributed by atoms with E-state index in [9.17, 15) is 10.1 Å². The third kappa shape index (κ3) is 3.08. The molecule has 0 saturated heterocycles. The van der Waals surface area contributed by atoms with Crippen LogP contribution in [0.25, 0.3) is 0 Å². The molecule has 2 heterocycles. The molecule has 0 saturated carbocycles. The molecule has 0 aliphatic heterocycles. The van der Waals surface area contributed by atoms with E-state index in [1.54, 1.807) is 30.9 Å². The van der Waals surface area contributed by atoms with Crippen molar-refractivity contribution in [2.24, 2.45) is 7.05 Å². The van der Waals surface area contributed by atoms with Gasteiger partial charge >= 0.3 is 5.82 Å². The third-order valence-corrected chi connectivity index (χ3v) is 2.86. The second-order valence-corrected chi connectivity index (χ2v) is 4.82. The molecule has 100 valence electrons. The first kappa shape index (κ1) is 13.5. The zero-order valence-electron chi connectivity index (χ0n) is 10.3. The molecule has 19 heavy (non-hydrogen) atoms. The summed E-state index contributed by atoms with van der Waals surface area (Å²) in [5.41, 5.74) is 0.691. The number of nitrogens with zero attached hydrogens (tertiary/aromatic N) is 4. The molecule has 0 radical (unpaired) electrons. The fourth-order valence-corrected chi connectivity index (χ4v) is 1.85. The zero-order valence-corrected chi connectivity index (χ0v) is 11.9. The number of aryl methyl sites for hydroxylation is 1. The zero-order chi connectivity index (χ0) is 14.0. The molecule has 7 nitrogen and oxygen atoms in total. The van der Waals surface area contributed by atoms with E-state index in [0.717, 1.165) is 0 Å². The van der Waals surface area contributed by atoms with Crippen LogP contribution < -0.4 is 4.74 Å². The maximum Gasteiger partial charge on any atom is 0.406 e. The minimum atomic E-state index is -0.576. The molecule has 0 spiro atoms. The normalized spacial score (nSPS) is 12.2. The monoisotopic (exact) mass is 326 g/mol. The lowest BCUT2D eigenvalue weighted by Gasteiger charge is -2.12. The SMILES string of the molecule is C[C@H](Oc1cc(Br)cnc1[N+](=O)[O-])c1ccn(C)n1. The van der Waals surface area contributed by atoms with Crippen LogP contribution in [-0.4, -0.2) is 19.7 Å². The van der Waals surface area contributed by atoms with Crippen LogP contribution in [0.5, 0.6) is 5.75 Å². The summed E-state index contributed by atoms with van der Waals surface area (Å²) in [5.74, 6) is -0.205. The van der Waals surface area contributed by atoms with Gasteiger partial charge in [-0.15, -0.1) is 0 Å². The number of nitro groups is 1. The van der Waals surface area contributed by atoms with Crippen LogP contribution in [0.1, 0.15) is 18.7 Å². The number of hydrogen-bond donors (Lipinski definition) is 0.